The van der Waals surface area contributed by atoms with E-state index in [4.69, 9.17) is 10.2 Å². The second-order valence-corrected chi connectivity index (χ2v) is 7.42. The van der Waals surface area contributed by atoms with Crippen molar-refractivity contribution >= 4 is 63.1 Å². The Morgan fingerprint density at radius 2 is 1.14 bits per heavy atom. The quantitative estimate of drug-likeness (QED) is 0.606. The molecule has 0 atom stereocenters. The van der Waals surface area contributed by atoms with Crippen molar-refractivity contribution in [2.24, 2.45) is 0 Å². The molecule has 21 heavy (non-hydrogen) atoms. The summed E-state index contributed by atoms with van der Waals surface area (Å²) < 4.78 is 40.1. The molecule has 0 fully saturated rings. The van der Waals surface area contributed by atoms with Crippen molar-refractivity contribution in [1.82, 2.24) is 0 Å². The Morgan fingerprint density at radius 1 is 0.810 bits per heavy atom. The number of halogens is 4. The molecule has 0 aromatic heterocycles. The average Bonchev–Trinajstić information content (AvgIpc) is 2.47. The van der Waals surface area contributed by atoms with Gasteiger partial charge in [0, 0.05) is 6.07 Å². The molecular formula is C6H6Cl4O9P2. The van der Waals surface area contributed by atoms with Crippen molar-refractivity contribution in [2.45, 2.75) is 0 Å². The largest absolute Gasteiger partial charge is 0.516 e. The van der Waals surface area contributed by atoms with Crippen LogP contribution < -0.4 is 0 Å². The first-order valence-corrected chi connectivity index (χ1v) is 8.50. The maximum atomic E-state index is 10.9. The molecule has 0 saturated heterocycles. The van der Waals surface area contributed by atoms with Gasteiger partial charge in [-0.2, -0.15) is 20.6 Å². The van der Waals surface area contributed by atoms with Gasteiger partial charge in [0.1, 0.15) is 11.5 Å². The minimum absolute atomic E-state index is 0.0880. The Kier molecular flexibility index (Phi) is 10.2. The molecule has 1 aromatic carbocycles. The summed E-state index contributed by atoms with van der Waals surface area (Å²) >= 11 is 18.5. The monoisotopic (exact) mass is 424 g/mol. The van der Waals surface area contributed by atoms with E-state index in [2.05, 4.69) is 68.1 Å². The summed E-state index contributed by atoms with van der Waals surface area (Å²) in [7, 11) is -8.97. The van der Waals surface area contributed by atoms with Gasteiger partial charge in [0.2, 0.25) is 0 Å². The van der Waals surface area contributed by atoms with Crippen LogP contribution in [0, 0.1) is 0 Å². The van der Waals surface area contributed by atoms with Crippen LogP contribution in [0.5, 0.6) is 11.5 Å². The molecule has 0 aliphatic heterocycles. The molecule has 0 bridgehead atoms. The zero-order valence-corrected chi connectivity index (χ0v) is 14.3. The second kappa shape index (κ2) is 10.1. The number of hydrogen-bond donors (Lipinski definition) is 2. The lowest BCUT2D eigenvalue weighted by molar-refractivity contribution is 0.261. The summed E-state index contributed by atoms with van der Waals surface area (Å²) in [6, 6.07) is 5.85. The zero-order valence-electron chi connectivity index (χ0n) is 9.47. The van der Waals surface area contributed by atoms with Crippen LogP contribution in [0.1, 0.15) is 0 Å². The number of phenolic OH excluding ortho intramolecular Hbond substituents is 2. The fourth-order valence-electron chi connectivity index (χ4n) is 0.687. The van der Waals surface area contributed by atoms with Gasteiger partial charge < -0.3 is 10.2 Å². The van der Waals surface area contributed by atoms with E-state index in [1.807, 2.05) is 0 Å². The van der Waals surface area contributed by atoms with Crippen molar-refractivity contribution in [3.63, 3.8) is 0 Å². The number of phosphoric acid groups is 2. The third-order valence-electron chi connectivity index (χ3n) is 1.37. The molecule has 1 aromatic rings. The van der Waals surface area contributed by atoms with E-state index < -0.39 is 15.6 Å². The predicted octanol–water partition coefficient (Wildman–Crippen LogP) is 5.00. The van der Waals surface area contributed by atoms with Crippen LogP contribution in [0.3, 0.4) is 0 Å². The minimum Gasteiger partial charge on any atom is -0.508 e. The van der Waals surface area contributed by atoms with E-state index in [1.54, 1.807) is 6.07 Å². The number of benzene rings is 1. The number of hydrogen-bond acceptors (Lipinski definition) is 9. The molecule has 0 saturated carbocycles. The number of rotatable bonds is 6. The van der Waals surface area contributed by atoms with Crippen LogP contribution in [0.25, 0.3) is 0 Å². The molecule has 1 rings (SSSR count). The van der Waals surface area contributed by atoms with Crippen molar-refractivity contribution < 1.29 is 40.0 Å². The summed E-state index contributed by atoms with van der Waals surface area (Å²) in [5, 5.41) is 17.3. The molecule has 122 valence electrons. The minimum atomic E-state index is -4.49. The first-order chi connectivity index (χ1) is 9.74. The molecule has 0 spiro atoms. The van der Waals surface area contributed by atoms with Gasteiger partial charge >= 0.3 is 15.6 Å². The van der Waals surface area contributed by atoms with Gasteiger partial charge in [0.15, 0.2) is 0 Å². The van der Waals surface area contributed by atoms with Gasteiger partial charge in [0.25, 0.3) is 0 Å². The van der Waals surface area contributed by atoms with Crippen LogP contribution >= 0.6 is 63.1 Å². The molecule has 0 heterocycles. The third-order valence-corrected chi connectivity index (χ3v) is 5.67. The van der Waals surface area contributed by atoms with E-state index in [-0.39, 0.29) is 11.5 Å². The van der Waals surface area contributed by atoms with Crippen LogP contribution in [0.15, 0.2) is 24.3 Å². The van der Waals surface area contributed by atoms with Gasteiger partial charge in [0.05, 0.1) is 47.5 Å². The smallest absolute Gasteiger partial charge is 0.508 e. The van der Waals surface area contributed by atoms with Crippen molar-refractivity contribution in [1.29, 1.82) is 0 Å². The Balaban J connectivity index is 0.000000423. The normalized spacial score (nSPS) is 11.6. The van der Waals surface area contributed by atoms with Crippen LogP contribution in [-0.4, -0.2) is 10.2 Å². The first kappa shape index (κ1) is 21.2. The Bertz CT molecular complexity index is 471. The summed E-state index contributed by atoms with van der Waals surface area (Å²) in [6.07, 6.45) is 0. The summed E-state index contributed by atoms with van der Waals surface area (Å²) in [4.78, 5) is 0. The Hall–Kier alpha value is 0.240. The van der Waals surface area contributed by atoms with E-state index >= 15 is 0 Å². The lowest BCUT2D eigenvalue weighted by Gasteiger charge is -2.12. The molecule has 9 nitrogen and oxygen atoms in total. The van der Waals surface area contributed by atoms with Crippen molar-refractivity contribution in [3.05, 3.63) is 24.3 Å². The molecule has 0 amide bonds. The van der Waals surface area contributed by atoms with E-state index in [0.29, 0.717) is 0 Å². The lowest BCUT2D eigenvalue weighted by Crippen LogP contribution is -1.90. The number of phenols is 2. The fraction of sp³-hybridized carbons (Fsp3) is 0. The summed E-state index contributed by atoms with van der Waals surface area (Å²) in [5.41, 5.74) is 0. The van der Waals surface area contributed by atoms with Gasteiger partial charge in [-0.25, -0.2) is 9.13 Å². The highest BCUT2D eigenvalue weighted by atomic mass is 35.5. The SMILES string of the molecule is O=P(OCl)(OCl)OP(=O)(OCl)OCl.Oc1cccc(O)c1. The molecule has 0 aliphatic carbocycles. The van der Waals surface area contributed by atoms with Crippen LogP contribution in [0.2, 0.25) is 0 Å². The predicted molar refractivity (Wildman–Crippen MR) is 73.8 cm³/mol. The van der Waals surface area contributed by atoms with Gasteiger partial charge in [-0.15, -0.1) is 0 Å². The van der Waals surface area contributed by atoms with Crippen molar-refractivity contribution in [3.8, 4) is 11.5 Å². The zero-order chi connectivity index (χ0) is 16.5. The van der Waals surface area contributed by atoms with Gasteiger partial charge in [-0.1, -0.05) is 6.07 Å². The van der Waals surface area contributed by atoms with Gasteiger partial charge in [-0.3, -0.25) is 0 Å². The van der Waals surface area contributed by atoms with E-state index in [0.717, 1.165) is 0 Å². The maximum Gasteiger partial charge on any atom is 0.516 e. The molecule has 0 radical (unpaired) electrons. The van der Waals surface area contributed by atoms with E-state index in [9.17, 15) is 9.13 Å². The molecule has 0 unspecified atom stereocenters. The summed E-state index contributed by atoms with van der Waals surface area (Å²) in [6.45, 7) is 0. The summed E-state index contributed by atoms with van der Waals surface area (Å²) in [5.74, 6) is 0.176. The number of aromatic hydroxyl groups is 2. The maximum absolute atomic E-state index is 10.9. The molecule has 0 aliphatic rings. The van der Waals surface area contributed by atoms with Crippen LogP contribution in [0.4, 0.5) is 0 Å². The highest BCUT2D eigenvalue weighted by molar-refractivity contribution is 7.63. The third kappa shape index (κ3) is 8.44. The molecule has 2 N–H and O–H groups in total. The highest BCUT2D eigenvalue weighted by Gasteiger charge is 2.41. The Morgan fingerprint density at radius 3 is 1.33 bits per heavy atom. The Labute approximate surface area is 139 Å². The lowest BCUT2D eigenvalue weighted by atomic mass is 10.3. The fourth-order valence-corrected chi connectivity index (χ4v) is 3.53. The van der Waals surface area contributed by atoms with Crippen molar-refractivity contribution in [2.75, 3.05) is 0 Å². The first-order valence-electron chi connectivity index (χ1n) is 4.35. The van der Waals surface area contributed by atoms with Crippen LogP contribution in [-0.2, 0) is 29.7 Å². The second-order valence-electron chi connectivity index (χ2n) is 2.77. The topological polar surface area (TPSA) is 121 Å². The highest BCUT2D eigenvalue weighted by Crippen LogP contribution is 2.67. The van der Waals surface area contributed by atoms with E-state index in [1.165, 1.54) is 18.2 Å². The van der Waals surface area contributed by atoms with Gasteiger partial charge in [-0.05, 0) is 12.1 Å². The molecule has 15 heteroatoms. The average molecular weight is 426 g/mol. The molecular weight excluding hydrogens is 420 g/mol. The standard InChI is InChI=1S/C6H6O2.Cl4O7P2/c7-5-2-1-3-6(8)4-5;1-7-12(5,8-2)11-13(6,9-3)10-4/h1-4,7-8H;.